The summed E-state index contributed by atoms with van der Waals surface area (Å²) in [5.41, 5.74) is 0.960. The Bertz CT molecular complexity index is 772. The highest BCUT2D eigenvalue weighted by Crippen LogP contribution is 2.30. The van der Waals surface area contributed by atoms with E-state index in [2.05, 4.69) is 11.8 Å². The Balaban J connectivity index is 2.92. The molecule has 0 aromatic heterocycles. The smallest absolute Gasteiger partial charge is 0.307 e. The minimum absolute atomic E-state index is 0.0376. The summed E-state index contributed by atoms with van der Waals surface area (Å²) >= 11 is 0. The first-order valence-corrected chi connectivity index (χ1v) is 10.7. The standard InChI is InChI=1S/C25H36O6/c1-17(2)20(25(27)28)9-7-10-22(26)21(18(3)4)15-19-11-12-23(30-6)24(16-19)31-14-8-13-29-5/h11-12,16-18,20-21H,8-9,13-15H2,1-6H3,(H,27,28)/t20-,21+/m0/s1. The van der Waals surface area contributed by atoms with E-state index in [-0.39, 0.29) is 30.0 Å². The fraction of sp³-hybridized carbons (Fsp3) is 0.600. The Kier molecular flexibility index (Phi) is 11.7. The van der Waals surface area contributed by atoms with E-state index in [1.54, 1.807) is 14.2 Å². The maximum absolute atomic E-state index is 12.8. The van der Waals surface area contributed by atoms with Crippen LogP contribution in [-0.2, 0) is 20.7 Å². The van der Waals surface area contributed by atoms with Crippen LogP contribution >= 0.6 is 0 Å². The Hall–Kier alpha value is -2.52. The summed E-state index contributed by atoms with van der Waals surface area (Å²) in [6, 6.07) is 5.67. The summed E-state index contributed by atoms with van der Waals surface area (Å²) in [5.74, 6) is 4.92. The molecule has 0 aliphatic carbocycles. The lowest BCUT2D eigenvalue weighted by atomic mass is 9.85. The molecule has 2 atom stereocenters. The van der Waals surface area contributed by atoms with Crippen LogP contribution in [0.25, 0.3) is 0 Å². The number of carboxylic acids is 1. The second-order valence-electron chi connectivity index (χ2n) is 8.29. The maximum atomic E-state index is 12.8. The molecule has 0 radical (unpaired) electrons. The van der Waals surface area contributed by atoms with Gasteiger partial charge in [0.2, 0.25) is 5.78 Å². The molecular formula is C25H36O6. The van der Waals surface area contributed by atoms with Crippen LogP contribution < -0.4 is 9.47 Å². The zero-order chi connectivity index (χ0) is 23.4. The molecule has 6 heteroatoms. The van der Waals surface area contributed by atoms with Gasteiger partial charge in [0.25, 0.3) is 0 Å². The van der Waals surface area contributed by atoms with Gasteiger partial charge >= 0.3 is 5.97 Å². The van der Waals surface area contributed by atoms with Crippen molar-refractivity contribution in [3.8, 4) is 23.3 Å². The second kappa shape index (κ2) is 13.7. The first-order valence-electron chi connectivity index (χ1n) is 10.7. The van der Waals surface area contributed by atoms with E-state index < -0.39 is 11.9 Å². The van der Waals surface area contributed by atoms with Gasteiger partial charge in [0.05, 0.1) is 19.6 Å². The van der Waals surface area contributed by atoms with Gasteiger partial charge in [-0.2, -0.15) is 0 Å². The third kappa shape index (κ3) is 9.02. The van der Waals surface area contributed by atoms with Gasteiger partial charge < -0.3 is 19.3 Å². The summed E-state index contributed by atoms with van der Waals surface area (Å²) in [7, 11) is 3.24. The van der Waals surface area contributed by atoms with Crippen molar-refractivity contribution in [2.75, 3.05) is 27.4 Å². The molecule has 0 aliphatic rings. The first-order chi connectivity index (χ1) is 14.7. The lowest BCUT2D eigenvalue weighted by Gasteiger charge is -2.18. The Labute approximate surface area is 186 Å². The molecule has 31 heavy (non-hydrogen) atoms. The van der Waals surface area contributed by atoms with Crippen LogP contribution in [0.2, 0.25) is 0 Å². The van der Waals surface area contributed by atoms with Crippen LogP contribution in [0.3, 0.4) is 0 Å². The molecule has 1 rings (SSSR count). The molecule has 6 nitrogen and oxygen atoms in total. The van der Waals surface area contributed by atoms with Crippen LogP contribution in [0.1, 0.15) is 46.1 Å². The van der Waals surface area contributed by atoms with Crippen molar-refractivity contribution in [2.45, 2.75) is 47.0 Å². The van der Waals surface area contributed by atoms with E-state index in [1.165, 1.54) is 0 Å². The van der Waals surface area contributed by atoms with Gasteiger partial charge in [-0.05, 0) is 41.9 Å². The van der Waals surface area contributed by atoms with E-state index in [0.29, 0.717) is 31.1 Å². The van der Waals surface area contributed by atoms with Crippen molar-refractivity contribution in [1.29, 1.82) is 0 Å². The van der Waals surface area contributed by atoms with E-state index in [1.807, 2.05) is 45.9 Å². The predicted octanol–water partition coefficient (Wildman–Crippen LogP) is 4.24. The third-order valence-electron chi connectivity index (χ3n) is 5.23. The molecule has 0 aliphatic heterocycles. The average molecular weight is 433 g/mol. The molecule has 1 N–H and O–H groups in total. The van der Waals surface area contributed by atoms with Crippen molar-refractivity contribution in [3.05, 3.63) is 23.8 Å². The number of methoxy groups -OCH3 is 2. The lowest BCUT2D eigenvalue weighted by molar-refractivity contribution is -0.143. The predicted molar refractivity (Wildman–Crippen MR) is 120 cm³/mol. The molecule has 0 heterocycles. The van der Waals surface area contributed by atoms with Crippen LogP contribution in [0, 0.1) is 35.5 Å². The Morgan fingerprint density at radius 1 is 1.00 bits per heavy atom. The van der Waals surface area contributed by atoms with Crippen LogP contribution in [0.15, 0.2) is 18.2 Å². The highest BCUT2D eigenvalue weighted by atomic mass is 16.5. The van der Waals surface area contributed by atoms with Crippen molar-refractivity contribution in [2.24, 2.45) is 23.7 Å². The molecule has 0 bridgehead atoms. The van der Waals surface area contributed by atoms with Gasteiger partial charge in [-0.15, -0.1) is 0 Å². The Morgan fingerprint density at radius 2 is 1.68 bits per heavy atom. The highest BCUT2D eigenvalue weighted by Gasteiger charge is 2.23. The first kappa shape index (κ1) is 26.5. The molecule has 1 aromatic rings. The summed E-state index contributed by atoms with van der Waals surface area (Å²) in [6.07, 6.45) is 1.46. The highest BCUT2D eigenvalue weighted by molar-refractivity contribution is 5.97. The monoisotopic (exact) mass is 432 g/mol. The largest absolute Gasteiger partial charge is 0.493 e. The molecule has 0 spiro atoms. The Morgan fingerprint density at radius 3 is 2.23 bits per heavy atom. The number of carboxylic acid groups (broad SMARTS) is 1. The summed E-state index contributed by atoms with van der Waals surface area (Å²) in [5, 5.41) is 9.28. The zero-order valence-corrected chi connectivity index (χ0v) is 19.6. The maximum Gasteiger partial charge on any atom is 0.307 e. The van der Waals surface area contributed by atoms with Gasteiger partial charge in [0.1, 0.15) is 0 Å². The normalized spacial score (nSPS) is 12.8. The van der Waals surface area contributed by atoms with E-state index in [9.17, 15) is 14.7 Å². The third-order valence-corrected chi connectivity index (χ3v) is 5.23. The summed E-state index contributed by atoms with van der Waals surface area (Å²) in [6.45, 7) is 8.79. The molecule has 0 amide bonds. The minimum Gasteiger partial charge on any atom is -0.493 e. The van der Waals surface area contributed by atoms with Crippen molar-refractivity contribution >= 4 is 11.8 Å². The van der Waals surface area contributed by atoms with Crippen molar-refractivity contribution in [3.63, 3.8) is 0 Å². The summed E-state index contributed by atoms with van der Waals surface area (Å²) in [4.78, 5) is 24.1. The number of rotatable bonds is 13. The molecule has 172 valence electrons. The SMILES string of the molecule is COCCCOc1cc(C[C@@H](C(=O)C#CC[C@H](C(=O)O)C(C)C)C(C)C)ccc1OC. The van der Waals surface area contributed by atoms with Gasteiger partial charge in [0.15, 0.2) is 11.5 Å². The molecule has 0 unspecified atom stereocenters. The van der Waals surface area contributed by atoms with Crippen LogP contribution in [0.5, 0.6) is 11.5 Å². The number of ketones is 1. The zero-order valence-electron chi connectivity index (χ0n) is 19.6. The number of carbonyl (C=O) groups excluding carboxylic acids is 1. The van der Waals surface area contributed by atoms with Crippen molar-refractivity contribution in [1.82, 2.24) is 0 Å². The lowest BCUT2D eigenvalue weighted by Crippen LogP contribution is -2.22. The number of aliphatic carboxylic acids is 1. The van der Waals surface area contributed by atoms with Crippen LogP contribution in [0.4, 0.5) is 0 Å². The molecule has 0 saturated heterocycles. The molecule has 0 saturated carbocycles. The minimum atomic E-state index is -0.881. The second-order valence-corrected chi connectivity index (χ2v) is 8.29. The van der Waals surface area contributed by atoms with Crippen LogP contribution in [-0.4, -0.2) is 44.3 Å². The van der Waals surface area contributed by atoms with E-state index in [4.69, 9.17) is 14.2 Å². The topological polar surface area (TPSA) is 82.1 Å². The van der Waals surface area contributed by atoms with Crippen molar-refractivity contribution < 1.29 is 28.9 Å². The van der Waals surface area contributed by atoms with Gasteiger partial charge in [0, 0.05) is 32.5 Å². The van der Waals surface area contributed by atoms with Gasteiger partial charge in [-0.3, -0.25) is 9.59 Å². The van der Waals surface area contributed by atoms with E-state index in [0.717, 1.165) is 12.0 Å². The van der Waals surface area contributed by atoms with Gasteiger partial charge in [-0.1, -0.05) is 39.7 Å². The number of Topliss-reactive ketones (excluding diaryl/α,β-unsaturated/α-hetero) is 1. The fourth-order valence-corrected chi connectivity index (χ4v) is 3.18. The number of carbonyl (C=O) groups is 2. The fourth-order valence-electron chi connectivity index (χ4n) is 3.18. The number of benzene rings is 1. The van der Waals surface area contributed by atoms with Gasteiger partial charge in [-0.25, -0.2) is 0 Å². The number of hydrogen-bond acceptors (Lipinski definition) is 5. The molecule has 0 fully saturated rings. The molecular weight excluding hydrogens is 396 g/mol. The average Bonchev–Trinajstić information content (AvgIpc) is 2.71. The van der Waals surface area contributed by atoms with E-state index >= 15 is 0 Å². The summed E-state index contributed by atoms with van der Waals surface area (Å²) < 4.78 is 16.3. The number of hydrogen-bond donors (Lipinski definition) is 1. The number of ether oxygens (including phenoxy) is 3. The quantitative estimate of drug-likeness (QED) is 0.285. The molecule has 1 aromatic carbocycles.